The maximum absolute atomic E-state index is 10.5. The van der Waals surface area contributed by atoms with Gasteiger partial charge in [0.05, 0.1) is 0 Å². The normalized spacial score (nSPS) is 32.6. The van der Waals surface area contributed by atoms with Crippen molar-refractivity contribution in [1.29, 1.82) is 0 Å². The van der Waals surface area contributed by atoms with E-state index in [4.69, 9.17) is 5.11 Å². The highest BCUT2D eigenvalue weighted by Crippen LogP contribution is 2.51. The van der Waals surface area contributed by atoms with Gasteiger partial charge in [0.1, 0.15) is 10.0 Å². The van der Waals surface area contributed by atoms with Gasteiger partial charge in [0.15, 0.2) is 0 Å². The van der Waals surface area contributed by atoms with Gasteiger partial charge in [0, 0.05) is 5.92 Å². The molecular weight excluding hydrogens is 281 g/mol. The van der Waals surface area contributed by atoms with Crippen molar-refractivity contribution in [2.75, 3.05) is 6.61 Å². The number of carboxylic acid groups (broad SMARTS) is 1. The molecule has 0 radical (unpaired) electrons. The van der Waals surface area contributed by atoms with Crippen molar-refractivity contribution in [3.63, 3.8) is 0 Å². The zero-order valence-electron chi connectivity index (χ0n) is 5.90. The maximum atomic E-state index is 10.5. The summed E-state index contributed by atoms with van der Waals surface area (Å²) in [6.45, 7) is -0.123. The van der Waals surface area contributed by atoms with Crippen molar-refractivity contribution < 1.29 is 19.8 Å². The first kappa shape index (κ1) is 9.49. The Hall–Kier alpha value is -0.600. The largest absolute Gasteiger partial charge is 0.480 e. The summed E-state index contributed by atoms with van der Waals surface area (Å²) in [6, 6.07) is 0. The average molecular weight is 287 g/mol. The minimum Gasteiger partial charge on any atom is -0.480 e. The third-order valence-corrected chi connectivity index (χ3v) is 3.55. The molecule has 0 bridgehead atoms. The van der Waals surface area contributed by atoms with Gasteiger partial charge in [-0.25, -0.2) is 0 Å². The molecule has 68 valence electrons. The van der Waals surface area contributed by atoms with Gasteiger partial charge in [-0.1, -0.05) is 22.6 Å². The smallest absolute Gasteiger partial charge is 0.319 e. The lowest BCUT2D eigenvalue weighted by molar-refractivity contribution is -0.758. The Balaban J connectivity index is 2.32. The molecule has 0 aromatic carbocycles. The Morgan fingerprint density at radius 3 is 2.83 bits per heavy atom. The number of aliphatic carboxylic acids is 1. The Bertz CT molecular complexity index is 232. The van der Waals surface area contributed by atoms with E-state index in [1.54, 1.807) is 22.6 Å². The Morgan fingerprint density at radius 1 is 1.92 bits per heavy atom. The quantitative estimate of drug-likeness (QED) is 0.351. The van der Waals surface area contributed by atoms with Gasteiger partial charge >= 0.3 is 5.97 Å². The number of carboxylic acids is 1. The van der Waals surface area contributed by atoms with Crippen LogP contribution in [0.5, 0.6) is 0 Å². The summed E-state index contributed by atoms with van der Waals surface area (Å²) in [5.41, 5.74) is 0. The summed E-state index contributed by atoms with van der Waals surface area (Å²) in [7, 11) is 0. The second-order valence-electron chi connectivity index (χ2n) is 2.59. The van der Waals surface area contributed by atoms with Gasteiger partial charge < -0.3 is 9.94 Å². The molecule has 1 aliphatic carbocycles. The first-order valence-corrected chi connectivity index (χ1v) is 4.24. The molecule has 0 aliphatic heterocycles. The molecule has 1 fully saturated rings. The molecule has 1 aliphatic rings. The number of hydrogen-bond acceptors (Lipinski definition) is 4. The average Bonchev–Trinajstić information content (AvgIpc) is 2.59. The Morgan fingerprint density at radius 2 is 2.50 bits per heavy atom. The fourth-order valence-corrected chi connectivity index (χ4v) is 1.61. The number of alkyl halides is 1. The van der Waals surface area contributed by atoms with Crippen LogP contribution in [0.3, 0.4) is 0 Å². The van der Waals surface area contributed by atoms with E-state index in [1.165, 1.54) is 0 Å². The van der Waals surface area contributed by atoms with Crippen LogP contribution in [0, 0.1) is 16.0 Å². The monoisotopic (exact) mass is 287 g/mol. The fraction of sp³-hybridized carbons (Fsp3) is 0.800. The summed E-state index contributed by atoms with van der Waals surface area (Å²) in [4.78, 5) is 24.3. The minimum absolute atomic E-state index is 0.123. The molecule has 1 saturated carbocycles. The SMILES string of the molecule is O=C(O)C1(I)CC1CO[N+](=O)[O-]. The number of nitrogens with zero attached hydrogens (tertiary/aromatic N) is 1. The van der Waals surface area contributed by atoms with Crippen molar-refractivity contribution in [2.24, 2.45) is 5.92 Å². The highest BCUT2D eigenvalue weighted by Gasteiger charge is 2.59. The lowest BCUT2D eigenvalue weighted by atomic mass is 10.3. The van der Waals surface area contributed by atoms with Crippen molar-refractivity contribution >= 4 is 28.6 Å². The van der Waals surface area contributed by atoms with Gasteiger partial charge in [-0.3, -0.25) is 4.79 Å². The Labute approximate surface area is 81.1 Å². The number of carbonyl (C=O) groups is 1. The number of halogens is 1. The molecule has 1 rings (SSSR count). The summed E-state index contributed by atoms with van der Waals surface area (Å²) in [6.07, 6.45) is 0.441. The summed E-state index contributed by atoms with van der Waals surface area (Å²) >= 11 is 1.78. The highest BCUT2D eigenvalue weighted by molar-refractivity contribution is 14.1. The highest BCUT2D eigenvalue weighted by atomic mass is 127. The van der Waals surface area contributed by atoms with E-state index in [2.05, 4.69) is 4.84 Å². The maximum Gasteiger partial charge on any atom is 0.319 e. The molecule has 2 atom stereocenters. The molecule has 0 aromatic rings. The Kier molecular flexibility index (Phi) is 2.40. The summed E-state index contributed by atoms with van der Waals surface area (Å²) < 4.78 is -0.840. The lowest BCUT2D eigenvalue weighted by Gasteiger charge is -2.01. The second-order valence-corrected chi connectivity index (χ2v) is 4.51. The zero-order chi connectivity index (χ0) is 9.35. The van der Waals surface area contributed by atoms with Crippen molar-refractivity contribution in [2.45, 2.75) is 9.84 Å². The topological polar surface area (TPSA) is 89.7 Å². The predicted octanol–water partition coefficient (Wildman–Crippen LogP) is 0.473. The molecule has 6 nitrogen and oxygen atoms in total. The van der Waals surface area contributed by atoms with Crippen LogP contribution in [-0.4, -0.2) is 26.2 Å². The van der Waals surface area contributed by atoms with Gasteiger partial charge in [-0.15, -0.1) is 10.1 Å². The first-order chi connectivity index (χ1) is 5.47. The van der Waals surface area contributed by atoms with Crippen LogP contribution < -0.4 is 0 Å². The van der Waals surface area contributed by atoms with Crippen molar-refractivity contribution in [1.82, 2.24) is 0 Å². The van der Waals surface area contributed by atoms with Gasteiger partial charge in [0.25, 0.3) is 5.09 Å². The molecule has 0 aromatic heterocycles. The van der Waals surface area contributed by atoms with Crippen LogP contribution >= 0.6 is 22.6 Å². The molecule has 0 heterocycles. The van der Waals surface area contributed by atoms with Crippen LogP contribution in [0.15, 0.2) is 0 Å². The lowest BCUT2D eigenvalue weighted by Crippen LogP contribution is -2.19. The van der Waals surface area contributed by atoms with Gasteiger partial charge in [0.2, 0.25) is 0 Å². The van der Waals surface area contributed by atoms with Crippen LogP contribution in [0.2, 0.25) is 0 Å². The standard InChI is InChI=1S/C5H6INO5/c6-5(4(8)9)1-3(5)2-12-7(10)11/h3H,1-2H2,(H,8,9). The zero-order valence-corrected chi connectivity index (χ0v) is 8.05. The molecule has 0 amide bonds. The first-order valence-electron chi connectivity index (χ1n) is 3.16. The third kappa shape index (κ3) is 1.76. The number of rotatable bonds is 4. The molecule has 1 N–H and O–H groups in total. The van der Waals surface area contributed by atoms with E-state index >= 15 is 0 Å². The second kappa shape index (κ2) is 3.04. The minimum atomic E-state index is -0.931. The summed E-state index contributed by atoms with van der Waals surface area (Å²) in [5.74, 6) is -1.17. The third-order valence-electron chi connectivity index (χ3n) is 1.77. The number of hydrogen-bond donors (Lipinski definition) is 1. The van der Waals surface area contributed by atoms with Crippen molar-refractivity contribution in [3.05, 3.63) is 10.1 Å². The fourth-order valence-electron chi connectivity index (χ4n) is 0.903. The van der Waals surface area contributed by atoms with E-state index in [0.29, 0.717) is 6.42 Å². The predicted molar refractivity (Wildman–Crippen MR) is 45.4 cm³/mol. The molecule has 7 heteroatoms. The molecule has 0 spiro atoms. The van der Waals surface area contributed by atoms with Crippen LogP contribution in [0.4, 0.5) is 0 Å². The molecule has 2 unspecified atom stereocenters. The van der Waals surface area contributed by atoms with Gasteiger partial charge in [-0.05, 0) is 6.42 Å². The van der Waals surface area contributed by atoms with E-state index in [0.717, 1.165) is 0 Å². The van der Waals surface area contributed by atoms with Crippen LogP contribution in [-0.2, 0) is 9.63 Å². The molecule has 0 saturated heterocycles. The van der Waals surface area contributed by atoms with E-state index in [1.807, 2.05) is 0 Å². The summed E-state index contributed by atoms with van der Waals surface area (Å²) in [5, 5.41) is 17.5. The molecular formula is C5H6INO5. The van der Waals surface area contributed by atoms with Gasteiger partial charge in [-0.2, -0.15) is 0 Å². The van der Waals surface area contributed by atoms with Crippen LogP contribution in [0.1, 0.15) is 6.42 Å². The van der Waals surface area contributed by atoms with E-state index in [-0.39, 0.29) is 12.5 Å². The molecule has 12 heavy (non-hydrogen) atoms. The van der Waals surface area contributed by atoms with E-state index < -0.39 is 14.5 Å². The van der Waals surface area contributed by atoms with Crippen molar-refractivity contribution in [3.8, 4) is 0 Å². The van der Waals surface area contributed by atoms with Crippen LogP contribution in [0.25, 0.3) is 0 Å². The van der Waals surface area contributed by atoms with E-state index in [9.17, 15) is 14.9 Å².